The first kappa shape index (κ1) is 19.1. The van der Waals surface area contributed by atoms with Gasteiger partial charge in [0.2, 0.25) is 15.9 Å². The van der Waals surface area contributed by atoms with Crippen LogP contribution < -0.4 is 5.32 Å². The molecule has 0 saturated carbocycles. The number of carbonyl (C=O) groups is 2. The molecule has 7 nitrogen and oxygen atoms in total. The number of nitrogens with zero attached hydrogens (tertiary/aromatic N) is 1. The maximum absolute atomic E-state index is 12.1. The summed E-state index contributed by atoms with van der Waals surface area (Å²) in [6.07, 6.45) is 1.07. The van der Waals surface area contributed by atoms with Gasteiger partial charge in [0, 0.05) is 12.2 Å². The first-order valence-electron chi connectivity index (χ1n) is 7.07. The van der Waals surface area contributed by atoms with Crippen molar-refractivity contribution >= 4 is 27.6 Å². The topological polar surface area (TPSA) is 92.8 Å². The van der Waals surface area contributed by atoms with Crippen molar-refractivity contribution in [1.82, 2.24) is 4.31 Å². The monoisotopic (exact) mass is 342 g/mol. The van der Waals surface area contributed by atoms with Crippen LogP contribution in [-0.4, -0.2) is 51.1 Å². The van der Waals surface area contributed by atoms with Crippen LogP contribution in [-0.2, 0) is 19.6 Å². The van der Waals surface area contributed by atoms with Crippen molar-refractivity contribution in [3.63, 3.8) is 0 Å². The van der Waals surface area contributed by atoms with Crippen molar-refractivity contribution in [2.24, 2.45) is 5.92 Å². The molecule has 0 saturated heterocycles. The molecule has 1 aromatic rings. The van der Waals surface area contributed by atoms with E-state index in [4.69, 9.17) is 0 Å². The van der Waals surface area contributed by atoms with Crippen LogP contribution in [0.3, 0.4) is 0 Å². The lowest BCUT2D eigenvalue weighted by atomic mass is 10.2. The molecule has 0 radical (unpaired) electrons. The summed E-state index contributed by atoms with van der Waals surface area (Å²) in [4.78, 5) is 23.5. The van der Waals surface area contributed by atoms with E-state index < -0.39 is 21.9 Å². The zero-order chi connectivity index (χ0) is 17.6. The summed E-state index contributed by atoms with van der Waals surface area (Å²) in [7, 11) is -2.21. The summed E-state index contributed by atoms with van der Waals surface area (Å²) >= 11 is 0. The number of esters is 1. The number of nitrogens with one attached hydrogen (secondary N) is 1. The predicted molar refractivity (Wildman–Crippen MR) is 87.7 cm³/mol. The second-order valence-electron chi connectivity index (χ2n) is 5.57. The van der Waals surface area contributed by atoms with E-state index in [0.717, 1.165) is 10.6 Å². The van der Waals surface area contributed by atoms with Gasteiger partial charge in [-0.2, -0.15) is 4.31 Å². The molecule has 0 heterocycles. The Balaban J connectivity index is 2.81. The number of carbonyl (C=O) groups excluding carboxylic acids is 2. The molecule has 0 aliphatic carbocycles. The Hall–Kier alpha value is -1.93. The van der Waals surface area contributed by atoms with Crippen LogP contribution in [0.4, 0.5) is 5.69 Å². The molecule has 23 heavy (non-hydrogen) atoms. The largest absolute Gasteiger partial charge is 0.465 e. The summed E-state index contributed by atoms with van der Waals surface area (Å²) in [6.45, 7) is 3.72. The summed E-state index contributed by atoms with van der Waals surface area (Å²) in [6, 6.07) is 6.24. The van der Waals surface area contributed by atoms with E-state index in [1.54, 1.807) is 18.2 Å². The lowest BCUT2D eigenvalue weighted by Crippen LogP contribution is -2.39. The second kappa shape index (κ2) is 8.07. The average molecular weight is 342 g/mol. The molecule has 0 aromatic heterocycles. The van der Waals surface area contributed by atoms with Crippen molar-refractivity contribution in [2.75, 3.05) is 31.8 Å². The standard InChI is InChI=1S/C15H22N2O5S/c1-11(2)9-17(23(4,20)21)10-14(18)16-13-7-5-6-12(8-13)15(19)22-3/h5-8,11H,9-10H2,1-4H3,(H,16,18). The molecule has 0 bridgehead atoms. The number of amides is 1. The summed E-state index contributed by atoms with van der Waals surface area (Å²) in [5, 5.41) is 2.58. The molecular formula is C15H22N2O5S. The molecule has 0 aliphatic heterocycles. The van der Waals surface area contributed by atoms with E-state index in [1.165, 1.54) is 13.2 Å². The van der Waals surface area contributed by atoms with E-state index in [-0.39, 0.29) is 19.0 Å². The first-order valence-corrected chi connectivity index (χ1v) is 8.91. The number of benzene rings is 1. The Labute approximate surface area is 136 Å². The third-order valence-corrected chi connectivity index (χ3v) is 4.14. The highest BCUT2D eigenvalue weighted by Crippen LogP contribution is 2.12. The SMILES string of the molecule is COC(=O)c1cccc(NC(=O)CN(CC(C)C)S(C)(=O)=O)c1. The highest BCUT2D eigenvalue weighted by Gasteiger charge is 2.21. The third-order valence-electron chi connectivity index (χ3n) is 2.93. The Morgan fingerprint density at radius 2 is 1.96 bits per heavy atom. The molecule has 0 spiro atoms. The van der Waals surface area contributed by atoms with E-state index in [2.05, 4.69) is 10.1 Å². The van der Waals surface area contributed by atoms with E-state index >= 15 is 0 Å². The fourth-order valence-corrected chi connectivity index (χ4v) is 2.85. The average Bonchev–Trinajstić information content (AvgIpc) is 2.44. The van der Waals surface area contributed by atoms with Crippen LogP contribution in [0.5, 0.6) is 0 Å². The van der Waals surface area contributed by atoms with Crippen LogP contribution in [0.15, 0.2) is 24.3 Å². The minimum absolute atomic E-state index is 0.0974. The van der Waals surface area contributed by atoms with Gasteiger partial charge in [-0.3, -0.25) is 4.79 Å². The minimum Gasteiger partial charge on any atom is -0.465 e. The summed E-state index contributed by atoms with van der Waals surface area (Å²) in [5.41, 5.74) is 0.698. The van der Waals surface area contributed by atoms with E-state index in [9.17, 15) is 18.0 Å². The number of methoxy groups -OCH3 is 1. The van der Waals surface area contributed by atoms with Gasteiger partial charge in [-0.05, 0) is 24.1 Å². The normalized spacial score (nSPS) is 11.6. The molecule has 1 aromatic carbocycles. The van der Waals surface area contributed by atoms with Gasteiger partial charge >= 0.3 is 5.97 Å². The van der Waals surface area contributed by atoms with Gasteiger partial charge in [-0.1, -0.05) is 19.9 Å². The molecule has 0 atom stereocenters. The quantitative estimate of drug-likeness (QED) is 0.755. The zero-order valence-corrected chi connectivity index (χ0v) is 14.5. The summed E-state index contributed by atoms with van der Waals surface area (Å²) < 4.78 is 29.2. The van der Waals surface area contributed by atoms with E-state index in [1.807, 2.05) is 13.8 Å². The molecular weight excluding hydrogens is 320 g/mol. The van der Waals surface area contributed by atoms with Crippen molar-refractivity contribution in [1.29, 1.82) is 0 Å². The van der Waals surface area contributed by atoms with E-state index in [0.29, 0.717) is 11.3 Å². The van der Waals surface area contributed by atoms with Gasteiger partial charge in [0.05, 0.1) is 25.5 Å². The molecule has 1 amide bonds. The minimum atomic E-state index is -3.47. The van der Waals surface area contributed by atoms with Crippen molar-refractivity contribution in [2.45, 2.75) is 13.8 Å². The van der Waals surface area contributed by atoms with Crippen LogP contribution >= 0.6 is 0 Å². The highest BCUT2D eigenvalue weighted by atomic mass is 32.2. The molecule has 0 unspecified atom stereocenters. The van der Waals surface area contributed by atoms with Crippen LogP contribution in [0, 0.1) is 5.92 Å². The van der Waals surface area contributed by atoms with Crippen LogP contribution in [0.1, 0.15) is 24.2 Å². The number of anilines is 1. The second-order valence-corrected chi connectivity index (χ2v) is 7.55. The maximum Gasteiger partial charge on any atom is 0.337 e. The predicted octanol–water partition coefficient (Wildman–Crippen LogP) is 1.33. The molecule has 0 aliphatic rings. The molecule has 1 rings (SSSR count). The van der Waals surface area contributed by atoms with Crippen LogP contribution in [0.25, 0.3) is 0 Å². The lowest BCUT2D eigenvalue weighted by Gasteiger charge is -2.21. The fourth-order valence-electron chi connectivity index (χ4n) is 1.93. The lowest BCUT2D eigenvalue weighted by molar-refractivity contribution is -0.116. The molecule has 1 N–H and O–H groups in total. The smallest absolute Gasteiger partial charge is 0.337 e. The Bertz CT molecular complexity index is 670. The number of hydrogen-bond donors (Lipinski definition) is 1. The fraction of sp³-hybridized carbons (Fsp3) is 0.467. The van der Waals surface area contributed by atoms with Crippen molar-refractivity contribution in [3.05, 3.63) is 29.8 Å². The number of rotatable bonds is 7. The van der Waals surface area contributed by atoms with Gasteiger partial charge in [0.15, 0.2) is 0 Å². The van der Waals surface area contributed by atoms with Crippen LogP contribution in [0.2, 0.25) is 0 Å². The number of ether oxygens (including phenoxy) is 1. The number of hydrogen-bond acceptors (Lipinski definition) is 5. The van der Waals surface area contributed by atoms with Crippen molar-refractivity contribution in [3.8, 4) is 0 Å². The van der Waals surface area contributed by atoms with Crippen molar-refractivity contribution < 1.29 is 22.7 Å². The third kappa shape index (κ3) is 6.37. The Morgan fingerprint density at radius 3 is 2.48 bits per heavy atom. The van der Waals surface area contributed by atoms with Gasteiger partial charge in [-0.15, -0.1) is 0 Å². The zero-order valence-electron chi connectivity index (χ0n) is 13.7. The highest BCUT2D eigenvalue weighted by molar-refractivity contribution is 7.88. The Kier molecular flexibility index (Phi) is 6.71. The van der Waals surface area contributed by atoms with Gasteiger partial charge in [0.25, 0.3) is 0 Å². The van der Waals surface area contributed by atoms with Gasteiger partial charge in [0.1, 0.15) is 0 Å². The first-order chi connectivity index (χ1) is 10.6. The number of sulfonamides is 1. The van der Waals surface area contributed by atoms with Gasteiger partial charge < -0.3 is 10.1 Å². The molecule has 8 heteroatoms. The maximum atomic E-state index is 12.1. The molecule has 0 fully saturated rings. The molecule has 128 valence electrons. The Morgan fingerprint density at radius 1 is 1.30 bits per heavy atom. The van der Waals surface area contributed by atoms with Gasteiger partial charge in [-0.25, -0.2) is 13.2 Å². The summed E-state index contributed by atoms with van der Waals surface area (Å²) in [5.74, 6) is -0.892.